The number of halogens is 2. The van der Waals surface area contributed by atoms with Gasteiger partial charge < -0.3 is 10.2 Å². The SMILES string of the molecule is O=C(c1ccc(Cl)c(F)c1)N1CCCC(C2CCCN2)C1. The number of nitrogens with zero attached hydrogens (tertiary/aromatic N) is 1. The molecule has 2 aliphatic rings. The molecule has 3 nitrogen and oxygen atoms in total. The quantitative estimate of drug-likeness (QED) is 0.910. The van der Waals surface area contributed by atoms with Crippen LogP contribution in [0.25, 0.3) is 0 Å². The van der Waals surface area contributed by atoms with Crippen LogP contribution in [0.2, 0.25) is 5.02 Å². The lowest BCUT2D eigenvalue weighted by Gasteiger charge is -2.36. The molecule has 2 aliphatic heterocycles. The predicted octanol–water partition coefficient (Wildman–Crippen LogP) is 3.08. The molecular formula is C16H20ClFN2O. The van der Waals surface area contributed by atoms with Crippen LogP contribution in [-0.4, -0.2) is 36.5 Å². The van der Waals surface area contributed by atoms with Crippen LogP contribution in [-0.2, 0) is 0 Å². The van der Waals surface area contributed by atoms with E-state index in [0.717, 1.165) is 32.5 Å². The van der Waals surface area contributed by atoms with E-state index in [1.54, 1.807) is 6.07 Å². The second kappa shape index (κ2) is 6.32. The third-order valence-corrected chi connectivity index (χ3v) is 4.89. The van der Waals surface area contributed by atoms with Gasteiger partial charge >= 0.3 is 0 Å². The Morgan fingerprint density at radius 3 is 2.90 bits per heavy atom. The van der Waals surface area contributed by atoms with Gasteiger partial charge in [-0.1, -0.05) is 11.6 Å². The Labute approximate surface area is 129 Å². The minimum atomic E-state index is -0.534. The second-order valence-corrected chi connectivity index (χ2v) is 6.39. The van der Waals surface area contributed by atoms with Crippen LogP contribution in [0, 0.1) is 11.7 Å². The van der Waals surface area contributed by atoms with E-state index < -0.39 is 5.82 Å². The van der Waals surface area contributed by atoms with Crippen molar-refractivity contribution in [1.82, 2.24) is 10.2 Å². The van der Waals surface area contributed by atoms with Gasteiger partial charge in [-0.25, -0.2) is 4.39 Å². The number of amides is 1. The van der Waals surface area contributed by atoms with Gasteiger partial charge in [-0.15, -0.1) is 0 Å². The third kappa shape index (κ3) is 3.22. The van der Waals surface area contributed by atoms with E-state index in [2.05, 4.69) is 5.32 Å². The fourth-order valence-electron chi connectivity index (χ4n) is 3.45. The predicted molar refractivity (Wildman–Crippen MR) is 81.1 cm³/mol. The highest BCUT2D eigenvalue weighted by Gasteiger charge is 2.31. The lowest BCUT2D eigenvalue weighted by atomic mass is 9.89. The number of hydrogen-bond acceptors (Lipinski definition) is 2. The van der Waals surface area contributed by atoms with Crippen LogP contribution in [0.4, 0.5) is 4.39 Å². The molecule has 2 atom stereocenters. The Bertz CT molecular complexity index is 531. The minimum Gasteiger partial charge on any atom is -0.338 e. The lowest BCUT2D eigenvalue weighted by Crippen LogP contribution is -2.45. The number of piperidine rings is 1. The Morgan fingerprint density at radius 1 is 1.33 bits per heavy atom. The van der Waals surface area contributed by atoms with Crippen LogP contribution in [0.5, 0.6) is 0 Å². The van der Waals surface area contributed by atoms with Crippen LogP contribution >= 0.6 is 11.6 Å². The maximum atomic E-state index is 13.5. The highest BCUT2D eigenvalue weighted by Crippen LogP contribution is 2.26. The number of likely N-dealkylation sites (tertiary alicyclic amines) is 1. The first-order valence-corrected chi connectivity index (χ1v) is 8.00. The summed E-state index contributed by atoms with van der Waals surface area (Å²) >= 11 is 5.67. The molecular weight excluding hydrogens is 291 g/mol. The highest BCUT2D eigenvalue weighted by molar-refractivity contribution is 6.30. The standard InChI is InChI=1S/C16H20ClFN2O/c17-13-6-5-11(9-14(13)18)16(21)20-8-2-3-12(10-20)15-4-1-7-19-15/h5-6,9,12,15,19H,1-4,7-8,10H2. The van der Waals surface area contributed by atoms with E-state index >= 15 is 0 Å². The lowest BCUT2D eigenvalue weighted by molar-refractivity contribution is 0.0650. The second-order valence-electron chi connectivity index (χ2n) is 5.99. The summed E-state index contributed by atoms with van der Waals surface area (Å²) in [5.41, 5.74) is 0.386. The third-order valence-electron chi connectivity index (χ3n) is 4.58. The van der Waals surface area contributed by atoms with Gasteiger partial charge in [0.1, 0.15) is 5.82 Å². The van der Waals surface area contributed by atoms with Gasteiger partial charge in [-0.2, -0.15) is 0 Å². The van der Waals surface area contributed by atoms with E-state index in [4.69, 9.17) is 11.6 Å². The monoisotopic (exact) mass is 310 g/mol. The molecule has 21 heavy (non-hydrogen) atoms. The number of benzene rings is 1. The highest BCUT2D eigenvalue weighted by atomic mass is 35.5. The number of carbonyl (C=O) groups is 1. The zero-order chi connectivity index (χ0) is 14.8. The summed E-state index contributed by atoms with van der Waals surface area (Å²) in [4.78, 5) is 14.4. The molecule has 2 unspecified atom stereocenters. The Kier molecular flexibility index (Phi) is 4.45. The normalized spacial score (nSPS) is 26.1. The van der Waals surface area contributed by atoms with Crippen molar-refractivity contribution in [3.05, 3.63) is 34.6 Å². The molecule has 0 bridgehead atoms. The maximum absolute atomic E-state index is 13.5. The van der Waals surface area contributed by atoms with Crippen LogP contribution in [0.3, 0.4) is 0 Å². The zero-order valence-electron chi connectivity index (χ0n) is 11.9. The molecule has 0 aliphatic carbocycles. The molecule has 1 aromatic rings. The van der Waals surface area contributed by atoms with E-state index in [1.165, 1.54) is 25.0 Å². The zero-order valence-corrected chi connectivity index (χ0v) is 12.7. The molecule has 5 heteroatoms. The Balaban J connectivity index is 1.70. The van der Waals surface area contributed by atoms with Gasteiger partial charge in [-0.3, -0.25) is 4.79 Å². The maximum Gasteiger partial charge on any atom is 0.253 e. The van der Waals surface area contributed by atoms with Crippen molar-refractivity contribution in [2.75, 3.05) is 19.6 Å². The summed E-state index contributed by atoms with van der Waals surface area (Å²) < 4.78 is 13.5. The fraction of sp³-hybridized carbons (Fsp3) is 0.562. The van der Waals surface area contributed by atoms with Gasteiger partial charge in [0.05, 0.1) is 5.02 Å². The van der Waals surface area contributed by atoms with Gasteiger partial charge in [0, 0.05) is 24.7 Å². The Hall–Kier alpha value is -1.13. The van der Waals surface area contributed by atoms with E-state index in [9.17, 15) is 9.18 Å². The summed E-state index contributed by atoms with van der Waals surface area (Å²) in [5.74, 6) is -0.107. The summed E-state index contributed by atoms with van der Waals surface area (Å²) in [5, 5.41) is 3.58. The summed E-state index contributed by atoms with van der Waals surface area (Å²) in [7, 11) is 0. The fourth-order valence-corrected chi connectivity index (χ4v) is 3.57. The van der Waals surface area contributed by atoms with E-state index in [1.807, 2.05) is 4.90 Å². The van der Waals surface area contributed by atoms with Crippen molar-refractivity contribution in [2.24, 2.45) is 5.92 Å². The molecule has 2 heterocycles. The first-order chi connectivity index (χ1) is 10.1. The smallest absolute Gasteiger partial charge is 0.253 e. The molecule has 0 spiro atoms. The number of nitrogens with one attached hydrogen (secondary N) is 1. The van der Waals surface area contributed by atoms with Gasteiger partial charge in [-0.05, 0) is 56.3 Å². The summed E-state index contributed by atoms with van der Waals surface area (Å²) in [6.07, 6.45) is 4.60. The summed E-state index contributed by atoms with van der Waals surface area (Å²) in [6, 6.07) is 4.82. The molecule has 114 valence electrons. The first-order valence-electron chi connectivity index (χ1n) is 7.63. The molecule has 2 saturated heterocycles. The molecule has 3 rings (SSSR count). The van der Waals surface area contributed by atoms with Crippen molar-refractivity contribution in [2.45, 2.75) is 31.7 Å². The van der Waals surface area contributed by atoms with Crippen molar-refractivity contribution < 1.29 is 9.18 Å². The molecule has 0 aromatic heterocycles. The largest absolute Gasteiger partial charge is 0.338 e. The van der Waals surface area contributed by atoms with Crippen molar-refractivity contribution in [3.63, 3.8) is 0 Å². The van der Waals surface area contributed by atoms with Crippen LogP contribution in [0.15, 0.2) is 18.2 Å². The molecule has 1 amide bonds. The average Bonchev–Trinajstić information content (AvgIpc) is 3.04. The van der Waals surface area contributed by atoms with Crippen LogP contribution < -0.4 is 5.32 Å². The van der Waals surface area contributed by atoms with Crippen molar-refractivity contribution in [3.8, 4) is 0 Å². The molecule has 1 aromatic carbocycles. The topological polar surface area (TPSA) is 32.3 Å². The summed E-state index contributed by atoms with van der Waals surface area (Å²) in [6.45, 7) is 2.60. The number of carbonyl (C=O) groups excluding carboxylic acids is 1. The molecule has 0 radical (unpaired) electrons. The van der Waals surface area contributed by atoms with Gasteiger partial charge in [0.2, 0.25) is 0 Å². The van der Waals surface area contributed by atoms with E-state index in [-0.39, 0.29) is 10.9 Å². The van der Waals surface area contributed by atoms with Crippen molar-refractivity contribution in [1.29, 1.82) is 0 Å². The average molecular weight is 311 g/mol. The van der Waals surface area contributed by atoms with Crippen LogP contribution in [0.1, 0.15) is 36.0 Å². The molecule has 2 fully saturated rings. The molecule has 1 N–H and O–H groups in total. The van der Waals surface area contributed by atoms with Gasteiger partial charge in [0.25, 0.3) is 5.91 Å². The molecule has 0 saturated carbocycles. The van der Waals surface area contributed by atoms with Gasteiger partial charge in [0.15, 0.2) is 0 Å². The first kappa shape index (κ1) is 14.8. The van der Waals surface area contributed by atoms with E-state index in [0.29, 0.717) is 17.5 Å². The number of rotatable bonds is 2. The number of hydrogen-bond donors (Lipinski definition) is 1. The minimum absolute atomic E-state index is 0.0539. The Morgan fingerprint density at radius 2 is 2.19 bits per heavy atom. The van der Waals surface area contributed by atoms with Crippen molar-refractivity contribution >= 4 is 17.5 Å².